The van der Waals surface area contributed by atoms with E-state index in [4.69, 9.17) is 5.73 Å². The third-order valence-electron chi connectivity index (χ3n) is 3.16. The minimum absolute atomic E-state index is 0.182. The van der Waals surface area contributed by atoms with Gasteiger partial charge in [0.25, 0.3) is 0 Å². The maximum atomic E-state index is 10.5. The number of hydrogen-bond donors (Lipinski definition) is 2. The van der Waals surface area contributed by atoms with Crippen LogP contribution in [0.5, 0.6) is 0 Å². The molecule has 0 atom stereocenters. The highest BCUT2D eigenvalue weighted by molar-refractivity contribution is 5.81. The molecule has 1 aromatic carbocycles. The van der Waals surface area contributed by atoms with Gasteiger partial charge in [-0.05, 0) is 24.8 Å². The van der Waals surface area contributed by atoms with Gasteiger partial charge in [0.15, 0.2) is 0 Å². The first-order chi connectivity index (χ1) is 9.68. The van der Waals surface area contributed by atoms with Crippen LogP contribution in [0.15, 0.2) is 30.3 Å². The van der Waals surface area contributed by atoms with Crippen molar-refractivity contribution in [3.63, 3.8) is 0 Å². The van der Waals surface area contributed by atoms with E-state index in [1.807, 2.05) is 6.07 Å². The predicted molar refractivity (Wildman–Crippen MR) is 80.1 cm³/mol. The summed E-state index contributed by atoms with van der Waals surface area (Å²) in [6.07, 6.45) is 6.83. The first kappa shape index (κ1) is 16.2. The van der Waals surface area contributed by atoms with Gasteiger partial charge in [0.2, 0.25) is 11.8 Å². The van der Waals surface area contributed by atoms with Gasteiger partial charge in [-0.15, -0.1) is 0 Å². The highest BCUT2D eigenvalue weighted by Gasteiger charge is 2.07. The van der Waals surface area contributed by atoms with Gasteiger partial charge in [0.1, 0.15) is 0 Å². The van der Waals surface area contributed by atoms with E-state index >= 15 is 0 Å². The molecule has 2 rings (SSSR count). The Bertz CT molecular complexity index is 398. The van der Waals surface area contributed by atoms with E-state index in [1.165, 1.54) is 18.4 Å². The highest BCUT2D eigenvalue weighted by Crippen LogP contribution is 2.08. The molecule has 0 aliphatic carbocycles. The molecule has 0 aromatic heterocycles. The number of carbonyl (C=O) groups is 2. The zero-order chi connectivity index (χ0) is 14.6. The van der Waals surface area contributed by atoms with Gasteiger partial charge in [0.05, 0.1) is 0 Å². The highest BCUT2D eigenvalue weighted by atomic mass is 16.2. The summed E-state index contributed by atoms with van der Waals surface area (Å²) in [6.45, 7) is 0.888. The molecule has 110 valence electrons. The summed E-state index contributed by atoms with van der Waals surface area (Å²) in [5.74, 6) is 0.00283. The number of aryl methyl sites for hydroxylation is 1. The number of hydrogen-bond acceptors (Lipinski definition) is 2. The van der Waals surface area contributed by atoms with Crippen LogP contribution in [-0.4, -0.2) is 18.4 Å². The summed E-state index contributed by atoms with van der Waals surface area (Å²) in [5, 5.41) is 2.57. The van der Waals surface area contributed by atoms with Gasteiger partial charge >= 0.3 is 0 Å². The van der Waals surface area contributed by atoms with Crippen LogP contribution in [-0.2, 0) is 16.0 Å². The maximum Gasteiger partial charge on any atom is 0.221 e. The van der Waals surface area contributed by atoms with Gasteiger partial charge in [-0.2, -0.15) is 0 Å². The third kappa shape index (κ3) is 8.29. The zero-order valence-electron chi connectivity index (χ0n) is 11.9. The lowest BCUT2D eigenvalue weighted by atomic mass is 10.1. The predicted octanol–water partition coefficient (Wildman–Crippen LogP) is 2.17. The topological polar surface area (TPSA) is 72.2 Å². The lowest BCUT2D eigenvalue weighted by Gasteiger charge is -2.10. The van der Waals surface area contributed by atoms with Gasteiger partial charge in [-0.1, -0.05) is 43.2 Å². The molecule has 1 aliphatic heterocycles. The minimum atomic E-state index is -0.182. The lowest BCUT2D eigenvalue weighted by molar-refractivity contribution is -0.125. The summed E-state index contributed by atoms with van der Waals surface area (Å²) in [5.41, 5.74) is 6.46. The van der Waals surface area contributed by atoms with Crippen molar-refractivity contribution >= 4 is 11.8 Å². The summed E-state index contributed by atoms with van der Waals surface area (Å²) >= 11 is 0. The number of β-lactam (4-membered cyclic amide) rings is 1. The molecule has 20 heavy (non-hydrogen) atoms. The molecule has 0 bridgehead atoms. The fourth-order valence-corrected chi connectivity index (χ4v) is 1.85. The Labute approximate surface area is 120 Å². The van der Waals surface area contributed by atoms with E-state index in [-0.39, 0.29) is 11.8 Å². The molecule has 1 fully saturated rings. The van der Waals surface area contributed by atoms with Crippen molar-refractivity contribution in [1.82, 2.24) is 5.32 Å². The molecule has 0 spiro atoms. The number of benzene rings is 1. The fraction of sp³-hybridized carbons (Fsp3) is 0.500. The number of carbonyl (C=O) groups excluding carboxylic acids is 2. The van der Waals surface area contributed by atoms with Crippen molar-refractivity contribution in [2.75, 3.05) is 6.54 Å². The lowest BCUT2D eigenvalue weighted by Crippen LogP contribution is -2.37. The van der Waals surface area contributed by atoms with E-state index in [0.29, 0.717) is 6.42 Å². The molecule has 1 aromatic rings. The van der Waals surface area contributed by atoms with E-state index in [2.05, 4.69) is 29.6 Å². The molecule has 0 saturated carbocycles. The molecule has 4 heteroatoms. The second kappa shape index (κ2) is 10.0. The van der Waals surface area contributed by atoms with Gasteiger partial charge in [-0.3, -0.25) is 9.59 Å². The third-order valence-corrected chi connectivity index (χ3v) is 3.16. The molecule has 1 heterocycles. The summed E-state index contributed by atoms with van der Waals surface area (Å²) < 4.78 is 0. The number of primary amides is 1. The number of nitrogens with two attached hydrogens (primary N) is 1. The smallest absolute Gasteiger partial charge is 0.221 e. The summed E-state index contributed by atoms with van der Waals surface area (Å²) in [7, 11) is 0. The zero-order valence-corrected chi connectivity index (χ0v) is 11.9. The minimum Gasteiger partial charge on any atom is -0.370 e. The fourth-order valence-electron chi connectivity index (χ4n) is 1.85. The Morgan fingerprint density at radius 2 is 1.70 bits per heavy atom. The van der Waals surface area contributed by atoms with E-state index in [1.54, 1.807) is 0 Å². The molecule has 1 aliphatic rings. The summed E-state index contributed by atoms with van der Waals surface area (Å²) in [6, 6.07) is 10.5. The molecule has 3 N–H and O–H groups in total. The average molecular weight is 276 g/mol. The van der Waals surface area contributed by atoms with Crippen LogP contribution in [0.1, 0.15) is 44.1 Å². The molecular weight excluding hydrogens is 252 g/mol. The van der Waals surface area contributed by atoms with Crippen LogP contribution < -0.4 is 11.1 Å². The monoisotopic (exact) mass is 276 g/mol. The van der Waals surface area contributed by atoms with Crippen molar-refractivity contribution in [1.29, 1.82) is 0 Å². The maximum absolute atomic E-state index is 10.5. The standard InChI is InChI=1S/C13H19NO.C3H5NO/c14-13(15)11-7-2-1-4-8-12-9-5-3-6-10-12;5-3-1-2-4-3/h3,5-6,9-10H,1-2,4,7-8,11H2,(H2,14,15);1-2H2,(H,4,5). The van der Waals surface area contributed by atoms with Crippen LogP contribution in [0.3, 0.4) is 0 Å². The van der Waals surface area contributed by atoms with Gasteiger partial charge in [0, 0.05) is 19.4 Å². The van der Waals surface area contributed by atoms with Crippen LogP contribution >= 0.6 is 0 Å². The molecule has 1 saturated heterocycles. The molecule has 2 amide bonds. The Balaban J connectivity index is 0.000000333. The second-order valence-electron chi connectivity index (χ2n) is 4.97. The molecule has 4 nitrogen and oxygen atoms in total. The van der Waals surface area contributed by atoms with Crippen LogP contribution in [0.2, 0.25) is 0 Å². The van der Waals surface area contributed by atoms with E-state index in [0.717, 1.165) is 32.2 Å². The van der Waals surface area contributed by atoms with Crippen molar-refractivity contribution in [2.45, 2.75) is 44.9 Å². The van der Waals surface area contributed by atoms with Gasteiger partial charge < -0.3 is 11.1 Å². The first-order valence-corrected chi connectivity index (χ1v) is 7.27. The van der Waals surface area contributed by atoms with E-state index < -0.39 is 0 Å². The van der Waals surface area contributed by atoms with Crippen molar-refractivity contribution in [3.8, 4) is 0 Å². The number of unbranched alkanes of at least 4 members (excludes halogenated alkanes) is 3. The van der Waals surface area contributed by atoms with Gasteiger partial charge in [-0.25, -0.2) is 0 Å². The molecule has 0 unspecified atom stereocenters. The number of rotatable bonds is 7. The largest absolute Gasteiger partial charge is 0.370 e. The van der Waals surface area contributed by atoms with Crippen molar-refractivity contribution < 1.29 is 9.59 Å². The first-order valence-electron chi connectivity index (χ1n) is 7.27. The quantitative estimate of drug-likeness (QED) is 0.592. The van der Waals surface area contributed by atoms with E-state index in [9.17, 15) is 9.59 Å². The van der Waals surface area contributed by atoms with Crippen LogP contribution in [0, 0.1) is 0 Å². The Morgan fingerprint density at radius 1 is 1.10 bits per heavy atom. The summed E-state index contributed by atoms with van der Waals surface area (Å²) in [4.78, 5) is 20.3. The normalized spacial score (nSPS) is 12.7. The van der Waals surface area contributed by atoms with Crippen LogP contribution in [0.4, 0.5) is 0 Å². The molecular formula is C16H24N2O2. The number of nitrogens with one attached hydrogen (secondary N) is 1. The number of amides is 2. The van der Waals surface area contributed by atoms with Crippen molar-refractivity contribution in [3.05, 3.63) is 35.9 Å². The Hall–Kier alpha value is -1.84. The Kier molecular flexibility index (Phi) is 8.11. The average Bonchev–Trinajstić information content (AvgIpc) is 2.42. The Morgan fingerprint density at radius 3 is 2.20 bits per heavy atom. The SMILES string of the molecule is NC(=O)CCCCCCc1ccccc1.O=C1CCN1. The van der Waals surface area contributed by atoms with Crippen LogP contribution in [0.25, 0.3) is 0 Å². The van der Waals surface area contributed by atoms with Crippen molar-refractivity contribution in [2.24, 2.45) is 5.73 Å². The molecule has 0 radical (unpaired) electrons. The second-order valence-corrected chi connectivity index (χ2v) is 4.97.